The summed E-state index contributed by atoms with van der Waals surface area (Å²) in [5.41, 5.74) is 3.71. The third kappa shape index (κ3) is 4.61. The molecule has 3 N–H and O–H groups in total. The highest BCUT2D eigenvalue weighted by Crippen LogP contribution is 2.39. The molecule has 1 aliphatic heterocycles. The van der Waals surface area contributed by atoms with E-state index in [9.17, 15) is 8.42 Å². The second kappa shape index (κ2) is 9.03. The van der Waals surface area contributed by atoms with Gasteiger partial charge in [0.1, 0.15) is 22.2 Å². The first kappa shape index (κ1) is 24.8. The van der Waals surface area contributed by atoms with Gasteiger partial charge in [-0.25, -0.2) is 23.4 Å². The number of pyridine rings is 1. The van der Waals surface area contributed by atoms with Gasteiger partial charge in [-0.2, -0.15) is 5.10 Å². The Morgan fingerprint density at radius 3 is 2.76 bits per heavy atom. The minimum atomic E-state index is -3.54. The number of nitrogens with one attached hydrogen (secondary N) is 3. The largest absolute Gasteiger partial charge is 0.373 e. The number of imidazole rings is 1. The van der Waals surface area contributed by atoms with Gasteiger partial charge < -0.3 is 20.4 Å². The van der Waals surface area contributed by atoms with E-state index in [1.807, 2.05) is 49.0 Å². The Labute approximate surface area is 224 Å². The highest BCUT2D eigenvalue weighted by Gasteiger charge is 2.38. The fourth-order valence-electron chi connectivity index (χ4n) is 4.89. The number of aromatic nitrogens is 6. The number of ether oxygens (including phenoxy) is 1. The number of aromatic amines is 1. The van der Waals surface area contributed by atoms with Crippen LogP contribution in [0.15, 0.2) is 34.6 Å². The van der Waals surface area contributed by atoms with Crippen molar-refractivity contribution in [2.75, 3.05) is 23.5 Å². The van der Waals surface area contributed by atoms with E-state index < -0.39 is 15.4 Å². The number of H-pyrrole nitrogens is 1. The Morgan fingerprint density at radius 2 is 2.03 bits per heavy atom. The molecule has 0 bridgehead atoms. The van der Waals surface area contributed by atoms with Gasteiger partial charge in [-0.05, 0) is 33.3 Å². The predicted molar refractivity (Wildman–Crippen MR) is 148 cm³/mol. The van der Waals surface area contributed by atoms with Crippen molar-refractivity contribution in [3.05, 3.63) is 56.8 Å². The SMILES string of the molecule is Cc1csc(C2=CCC(C)(Nc3cc(Nc4cc5n(n4)CCOC5)nc4nc(C)[nH]c34)C(S(C)(=O)=O)=C2)n1. The van der Waals surface area contributed by atoms with Crippen LogP contribution in [0.4, 0.5) is 17.3 Å². The first-order chi connectivity index (χ1) is 18.1. The highest BCUT2D eigenvalue weighted by atomic mass is 32.2. The number of nitrogens with zero attached hydrogens (tertiary/aromatic N) is 5. The summed E-state index contributed by atoms with van der Waals surface area (Å²) in [6, 6.07) is 3.79. The second-order valence-corrected chi connectivity index (χ2v) is 12.7. The fourth-order valence-corrected chi connectivity index (χ4v) is 6.99. The zero-order valence-electron chi connectivity index (χ0n) is 21.5. The zero-order valence-corrected chi connectivity index (χ0v) is 23.1. The smallest absolute Gasteiger partial charge is 0.181 e. The molecule has 11 nitrogen and oxygen atoms in total. The molecular formula is C25H28N8O3S2. The maximum absolute atomic E-state index is 13.0. The maximum Gasteiger partial charge on any atom is 0.181 e. The van der Waals surface area contributed by atoms with E-state index in [0.29, 0.717) is 65.4 Å². The second-order valence-electron chi connectivity index (χ2n) is 9.89. The first-order valence-electron chi connectivity index (χ1n) is 12.2. The summed E-state index contributed by atoms with van der Waals surface area (Å²) in [6.07, 6.45) is 5.47. The molecule has 0 spiro atoms. The van der Waals surface area contributed by atoms with Crippen molar-refractivity contribution in [2.24, 2.45) is 0 Å². The molecule has 0 aromatic carbocycles. The van der Waals surface area contributed by atoms with E-state index in [1.54, 1.807) is 6.08 Å². The summed E-state index contributed by atoms with van der Waals surface area (Å²) in [5.74, 6) is 1.90. The summed E-state index contributed by atoms with van der Waals surface area (Å²) in [7, 11) is -3.54. The fraction of sp³-hybridized carbons (Fsp3) is 0.360. The average Bonchev–Trinajstić information content (AvgIpc) is 3.55. The van der Waals surface area contributed by atoms with Crippen LogP contribution >= 0.6 is 11.3 Å². The summed E-state index contributed by atoms with van der Waals surface area (Å²) in [5, 5.41) is 14.2. The van der Waals surface area contributed by atoms with Crippen molar-refractivity contribution in [1.29, 1.82) is 0 Å². The summed E-state index contributed by atoms with van der Waals surface area (Å²) < 4.78 is 33.5. The van der Waals surface area contributed by atoms with Crippen molar-refractivity contribution in [2.45, 2.75) is 45.9 Å². The average molecular weight is 553 g/mol. The van der Waals surface area contributed by atoms with Gasteiger partial charge in [-0.15, -0.1) is 11.3 Å². The van der Waals surface area contributed by atoms with Crippen LogP contribution in [0.25, 0.3) is 16.7 Å². The number of allylic oxidation sites excluding steroid dienone is 2. The lowest BCUT2D eigenvalue weighted by atomic mass is 9.89. The number of anilines is 3. The van der Waals surface area contributed by atoms with Gasteiger partial charge in [-0.3, -0.25) is 4.68 Å². The van der Waals surface area contributed by atoms with Crippen LogP contribution in [0.1, 0.15) is 35.6 Å². The van der Waals surface area contributed by atoms with Crippen LogP contribution in [0.3, 0.4) is 0 Å². The lowest BCUT2D eigenvalue weighted by Crippen LogP contribution is -2.40. The normalized spacial score (nSPS) is 19.7. The van der Waals surface area contributed by atoms with Crippen LogP contribution in [-0.2, 0) is 27.7 Å². The number of thiazole rings is 1. The number of hydrogen-bond donors (Lipinski definition) is 3. The zero-order chi connectivity index (χ0) is 26.7. The van der Waals surface area contributed by atoms with E-state index >= 15 is 0 Å². The number of aryl methyl sites for hydroxylation is 2. The van der Waals surface area contributed by atoms with E-state index in [-0.39, 0.29) is 0 Å². The molecule has 0 amide bonds. The molecule has 4 aromatic heterocycles. The summed E-state index contributed by atoms with van der Waals surface area (Å²) in [6.45, 7) is 7.52. The molecule has 6 rings (SSSR count). The lowest BCUT2D eigenvalue weighted by Gasteiger charge is -2.35. The third-order valence-corrected chi connectivity index (χ3v) is 9.01. The molecule has 1 unspecified atom stereocenters. The van der Waals surface area contributed by atoms with E-state index in [4.69, 9.17) is 4.74 Å². The molecule has 0 saturated heterocycles. The number of fused-ring (bicyclic) bond motifs is 2. The Bertz CT molecular complexity index is 1710. The molecule has 0 radical (unpaired) electrons. The molecule has 1 aliphatic carbocycles. The molecule has 1 atom stereocenters. The Morgan fingerprint density at radius 1 is 1.18 bits per heavy atom. The van der Waals surface area contributed by atoms with Gasteiger partial charge in [-0.1, -0.05) is 6.08 Å². The third-order valence-electron chi connectivity index (χ3n) is 6.63. The van der Waals surface area contributed by atoms with Crippen LogP contribution in [-0.4, -0.2) is 56.5 Å². The Balaban J connectivity index is 1.37. The summed E-state index contributed by atoms with van der Waals surface area (Å²) in [4.78, 5) is 17.3. The van der Waals surface area contributed by atoms with Gasteiger partial charge in [0.15, 0.2) is 21.3 Å². The van der Waals surface area contributed by atoms with Crippen molar-refractivity contribution in [3.63, 3.8) is 0 Å². The Hall–Kier alpha value is -3.55. The van der Waals surface area contributed by atoms with Gasteiger partial charge >= 0.3 is 0 Å². The van der Waals surface area contributed by atoms with E-state index in [0.717, 1.165) is 22.0 Å². The van der Waals surface area contributed by atoms with Crippen molar-refractivity contribution < 1.29 is 13.2 Å². The van der Waals surface area contributed by atoms with Gasteiger partial charge in [0.05, 0.1) is 41.6 Å². The first-order valence-corrected chi connectivity index (χ1v) is 15.0. The van der Waals surface area contributed by atoms with E-state index in [1.165, 1.54) is 17.6 Å². The molecule has 13 heteroatoms. The van der Waals surface area contributed by atoms with Gasteiger partial charge in [0.2, 0.25) is 0 Å². The maximum atomic E-state index is 13.0. The molecule has 5 heterocycles. The topological polar surface area (TPSA) is 140 Å². The van der Waals surface area contributed by atoms with E-state index in [2.05, 4.69) is 35.7 Å². The van der Waals surface area contributed by atoms with Crippen molar-refractivity contribution in [1.82, 2.24) is 29.7 Å². The van der Waals surface area contributed by atoms with Gasteiger partial charge in [0, 0.05) is 35.0 Å². The molecule has 38 heavy (non-hydrogen) atoms. The minimum Gasteiger partial charge on any atom is -0.373 e. The molecular weight excluding hydrogens is 524 g/mol. The van der Waals surface area contributed by atoms with Crippen LogP contribution in [0.5, 0.6) is 0 Å². The quantitative estimate of drug-likeness (QED) is 0.323. The molecule has 0 saturated carbocycles. The Kier molecular flexibility index (Phi) is 5.89. The van der Waals surface area contributed by atoms with Crippen molar-refractivity contribution >= 4 is 55.2 Å². The van der Waals surface area contributed by atoms with Crippen LogP contribution in [0, 0.1) is 13.8 Å². The number of hydrogen-bond acceptors (Lipinski definition) is 10. The van der Waals surface area contributed by atoms with Crippen LogP contribution in [0.2, 0.25) is 0 Å². The molecule has 198 valence electrons. The molecule has 0 fully saturated rings. The number of sulfone groups is 1. The van der Waals surface area contributed by atoms with Crippen LogP contribution < -0.4 is 10.6 Å². The van der Waals surface area contributed by atoms with Gasteiger partial charge in [0.25, 0.3) is 0 Å². The monoisotopic (exact) mass is 552 g/mol. The summed E-state index contributed by atoms with van der Waals surface area (Å²) >= 11 is 1.51. The van der Waals surface area contributed by atoms with Crippen molar-refractivity contribution in [3.8, 4) is 0 Å². The lowest BCUT2D eigenvalue weighted by molar-refractivity contribution is 0.0801. The predicted octanol–water partition coefficient (Wildman–Crippen LogP) is 4.09. The number of rotatable bonds is 6. The molecule has 2 aliphatic rings. The highest BCUT2D eigenvalue weighted by molar-refractivity contribution is 7.94. The minimum absolute atomic E-state index is 0.299. The standard InChI is InChI=1S/C25H28N8O3S2/c1-14-13-37-24(26-14)16-5-6-25(3,19(9-16)38(4,34)35)31-18-11-20(30-23-22(18)27-15(2)28-23)29-21-10-17-12-36-8-7-33(17)32-21/h5,9-11,13H,6-8,12H2,1-4H3,(H3,27,28,29,30,31,32). The molecule has 4 aromatic rings.